The fourth-order valence-electron chi connectivity index (χ4n) is 3.41. The summed E-state index contributed by atoms with van der Waals surface area (Å²) < 4.78 is 7.53. The van der Waals surface area contributed by atoms with Gasteiger partial charge in [0.25, 0.3) is 17.3 Å². The van der Waals surface area contributed by atoms with Gasteiger partial charge >= 0.3 is 5.69 Å². The molecule has 0 bridgehead atoms. The van der Waals surface area contributed by atoms with Crippen molar-refractivity contribution in [3.63, 3.8) is 0 Å². The molecule has 1 unspecified atom stereocenters. The van der Waals surface area contributed by atoms with Gasteiger partial charge in [-0.1, -0.05) is 12.1 Å². The van der Waals surface area contributed by atoms with Crippen LogP contribution in [0.5, 0.6) is 5.75 Å². The minimum absolute atomic E-state index is 0.0818. The lowest BCUT2D eigenvalue weighted by atomic mass is 10.2. The van der Waals surface area contributed by atoms with Gasteiger partial charge in [0, 0.05) is 25.9 Å². The Kier molecular flexibility index (Phi) is 6.56. The lowest BCUT2D eigenvalue weighted by Gasteiger charge is -2.11. The summed E-state index contributed by atoms with van der Waals surface area (Å²) in [6.07, 6.45) is 1.31. The second-order valence-corrected chi connectivity index (χ2v) is 8.48. The molecule has 0 aliphatic carbocycles. The van der Waals surface area contributed by atoms with E-state index < -0.39 is 16.5 Å². The SMILES string of the molecule is COc1cccc(CNC(=O)c2cc3c(=O)n(Cc4ccc([NH+]([O-])O)nc4)c(=O)n(C)c3s2)c1. The van der Waals surface area contributed by atoms with Gasteiger partial charge in [-0.3, -0.25) is 18.7 Å². The summed E-state index contributed by atoms with van der Waals surface area (Å²) in [4.78, 5) is 43.1. The number of carbonyl (C=O) groups excluding carboxylic acids is 1. The fourth-order valence-corrected chi connectivity index (χ4v) is 4.44. The van der Waals surface area contributed by atoms with Crippen molar-refractivity contribution in [1.29, 1.82) is 0 Å². The third-order valence-electron chi connectivity index (χ3n) is 5.21. The summed E-state index contributed by atoms with van der Waals surface area (Å²) >= 11 is 1.06. The van der Waals surface area contributed by atoms with Crippen LogP contribution in [0.1, 0.15) is 20.8 Å². The molecule has 3 aromatic heterocycles. The van der Waals surface area contributed by atoms with Crippen molar-refractivity contribution in [1.82, 2.24) is 19.4 Å². The van der Waals surface area contributed by atoms with Crippen LogP contribution in [0, 0.1) is 5.21 Å². The van der Waals surface area contributed by atoms with Crippen molar-refractivity contribution in [3.8, 4) is 5.75 Å². The second kappa shape index (κ2) is 9.57. The van der Waals surface area contributed by atoms with Crippen molar-refractivity contribution < 1.29 is 20.0 Å². The van der Waals surface area contributed by atoms with E-state index in [0.29, 0.717) is 21.0 Å². The van der Waals surface area contributed by atoms with E-state index in [1.54, 1.807) is 13.2 Å². The Labute approximate surface area is 196 Å². The monoisotopic (exact) mass is 483 g/mol. The maximum atomic E-state index is 13.1. The zero-order chi connectivity index (χ0) is 24.4. The number of pyridine rings is 1. The first-order valence-corrected chi connectivity index (χ1v) is 10.9. The van der Waals surface area contributed by atoms with Crippen molar-refractivity contribution >= 4 is 33.3 Å². The van der Waals surface area contributed by atoms with E-state index >= 15 is 0 Å². The molecule has 0 fully saturated rings. The zero-order valence-electron chi connectivity index (χ0n) is 18.3. The number of amides is 1. The van der Waals surface area contributed by atoms with Crippen LogP contribution in [-0.4, -0.2) is 32.3 Å². The van der Waals surface area contributed by atoms with E-state index in [1.165, 1.54) is 36.0 Å². The number of rotatable bonds is 7. The molecule has 0 radical (unpaired) electrons. The Morgan fingerprint density at radius 1 is 1.24 bits per heavy atom. The standard InChI is InChI=1S/C22H21N5O6S/c1-25-21-16(9-17(34-21)19(28)24-10-13-4-3-5-15(8-13)33-2)20(29)26(22(25)30)12-14-6-7-18(23-11-14)27(31)32/h3-9,11,27,31H,10,12H2,1-2H3,(H,24,28). The van der Waals surface area contributed by atoms with Gasteiger partial charge in [-0.05, 0) is 35.4 Å². The average molecular weight is 484 g/mol. The normalized spacial score (nSPS) is 12.0. The molecule has 1 atom stereocenters. The molecule has 4 rings (SSSR count). The number of thiophene rings is 1. The highest BCUT2D eigenvalue weighted by molar-refractivity contribution is 7.20. The van der Waals surface area contributed by atoms with Crippen molar-refractivity contribution in [2.45, 2.75) is 13.1 Å². The molecule has 1 aromatic carbocycles. The van der Waals surface area contributed by atoms with Crippen LogP contribution in [0.4, 0.5) is 5.82 Å². The molecular weight excluding hydrogens is 462 g/mol. The van der Waals surface area contributed by atoms with E-state index in [1.807, 2.05) is 18.2 Å². The molecule has 11 nitrogen and oxygen atoms in total. The van der Waals surface area contributed by atoms with Crippen LogP contribution < -0.4 is 26.5 Å². The van der Waals surface area contributed by atoms with Crippen LogP contribution >= 0.6 is 11.3 Å². The molecule has 0 saturated heterocycles. The summed E-state index contributed by atoms with van der Waals surface area (Å²) in [5.41, 5.74) is 0.259. The fraction of sp³-hybridized carbons (Fsp3) is 0.182. The highest BCUT2D eigenvalue weighted by Gasteiger charge is 2.18. The first-order valence-electron chi connectivity index (χ1n) is 10.1. The third kappa shape index (κ3) is 4.61. The van der Waals surface area contributed by atoms with E-state index in [4.69, 9.17) is 9.94 Å². The molecule has 0 saturated carbocycles. The summed E-state index contributed by atoms with van der Waals surface area (Å²) in [6.45, 7) is 0.189. The number of methoxy groups -OCH3 is 1. The molecule has 3 heterocycles. The molecule has 0 aliphatic rings. The van der Waals surface area contributed by atoms with Gasteiger partial charge in [0.1, 0.15) is 10.6 Å². The summed E-state index contributed by atoms with van der Waals surface area (Å²) in [6, 6.07) is 11.6. The lowest BCUT2D eigenvalue weighted by molar-refractivity contribution is -0.993. The summed E-state index contributed by atoms with van der Waals surface area (Å²) in [5.74, 6) is 0.176. The molecule has 34 heavy (non-hydrogen) atoms. The van der Waals surface area contributed by atoms with Crippen LogP contribution in [0.15, 0.2) is 58.3 Å². The van der Waals surface area contributed by atoms with Gasteiger partial charge < -0.3 is 15.3 Å². The molecule has 3 N–H and O–H groups in total. The number of hydrogen-bond donors (Lipinski definition) is 3. The van der Waals surface area contributed by atoms with E-state index in [9.17, 15) is 19.6 Å². The van der Waals surface area contributed by atoms with Crippen LogP contribution in [0.3, 0.4) is 0 Å². The minimum atomic E-state index is -1.17. The number of carbonyl (C=O) groups is 1. The third-order valence-corrected chi connectivity index (χ3v) is 6.42. The first-order chi connectivity index (χ1) is 16.3. The Balaban J connectivity index is 1.61. The molecule has 12 heteroatoms. The van der Waals surface area contributed by atoms with Crippen LogP contribution in [0.2, 0.25) is 0 Å². The average Bonchev–Trinajstić information content (AvgIpc) is 3.30. The predicted octanol–water partition coefficient (Wildman–Crippen LogP) is 0.547. The quantitative estimate of drug-likeness (QED) is 0.326. The number of fused-ring (bicyclic) bond motifs is 1. The smallest absolute Gasteiger partial charge is 0.332 e. The largest absolute Gasteiger partial charge is 0.594 e. The Morgan fingerprint density at radius 3 is 2.71 bits per heavy atom. The first kappa shape index (κ1) is 23.3. The second-order valence-electron chi connectivity index (χ2n) is 7.45. The molecule has 0 spiro atoms. The van der Waals surface area contributed by atoms with E-state index in [0.717, 1.165) is 21.5 Å². The van der Waals surface area contributed by atoms with Gasteiger partial charge in [0.05, 0.1) is 23.9 Å². The topological polar surface area (TPSA) is 143 Å². The van der Waals surface area contributed by atoms with E-state index in [2.05, 4.69) is 10.3 Å². The van der Waals surface area contributed by atoms with Crippen molar-refractivity contribution in [2.75, 3.05) is 7.11 Å². The Morgan fingerprint density at radius 2 is 2.03 bits per heavy atom. The van der Waals surface area contributed by atoms with Crippen molar-refractivity contribution in [3.05, 3.63) is 90.7 Å². The number of nitrogens with one attached hydrogen (secondary N) is 2. The maximum absolute atomic E-state index is 13.1. The Bertz CT molecular complexity index is 1470. The van der Waals surface area contributed by atoms with Gasteiger partial charge in [0.2, 0.25) is 0 Å². The number of hydrogen-bond acceptors (Lipinski definition) is 8. The lowest BCUT2D eigenvalue weighted by Crippen LogP contribution is -2.99. The molecule has 4 aromatic rings. The van der Waals surface area contributed by atoms with Gasteiger partial charge in [0.15, 0.2) is 0 Å². The summed E-state index contributed by atoms with van der Waals surface area (Å²) in [5, 5.41) is 21.8. The number of nitrogens with zero attached hydrogens (tertiary/aromatic N) is 3. The maximum Gasteiger partial charge on any atom is 0.332 e. The number of ether oxygens (including phenoxy) is 1. The highest BCUT2D eigenvalue weighted by atomic mass is 32.1. The predicted molar refractivity (Wildman–Crippen MR) is 125 cm³/mol. The number of benzene rings is 1. The molecule has 0 aliphatic heterocycles. The van der Waals surface area contributed by atoms with Crippen LogP contribution in [-0.2, 0) is 20.1 Å². The number of aromatic nitrogens is 3. The Hall–Kier alpha value is -3.84. The van der Waals surface area contributed by atoms with Gasteiger partial charge in [-0.15, -0.1) is 11.3 Å². The molecular formula is C22H21N5O6S. The van der Waals surface area contributed by atoms with Gasteiger partial charge in [-0.2, -0.15) is 5.23 Å². The molecule has 176 valence electrons. The van der Waals surface area contributed by atoms with Crippen molar-refractivity contribution in [2.24, 2.45) is 7.05 Å². The number of aryl methyl sites for hydroxylation is 1. The van der Waals surface area contributed by atoms with E-state index in [-0.39, 0.29) is 30.2 Å². The minimum Gasteiger partial charge on any atom is -0.594 e. The van der Waals surface area contributed by atoms with Crippen LogP contribution in [0.25, 0.3) is 10.2 Å². The summed E-state index contributed by atoms with van der Waals surface area (Å²) in [7, 11) is 3.09. The highest BCUT2D eigenvalue weighted by Crippen LogP contribution is 2.22. The molecule has 1 amide bonds. The zero-order valence-corrected chi connectivity index (χ0v) is 19.1. The van der Waals surface area contributed by atoms with Gasteiger partial charge in [-0.25, -0.2) is 15.0 Å². The number of quaternary nitrogens is 1.